The van der Waals surface area contributed by atoms with Gasteiger partial charge in [0.25, 0.3) is 15.9 Å². The van der Waals surface area contributed by atoms with Gasteiger partial charge in [0.15, 0.2) is 6.61 Å². The van der Waals surface area contributed by atoms with E-state index in [1.54, 1.807) is 19.9 Å². The van der Waals surface area contributed by atoms with Crippen molar-refractivity contribution in [1.82, 2.24) is 9.97 Å². The average Bonchev–Trinajstić information content (AvgIpc) is 2.72. The van der Waals surface area contributed by atoms with Crippen molar-refractivity contribution in [3.63, 3.8) is 0 Å². The lowest BCUT2D eigenvalue weighted by atomic mass is 10.0. The average molecular weight is 533 g/mol. The predicted molar refractivity (Wildman–Crippen MR) is 131 cm³/mol. The number of carbonyl (C=O) groups is 1. The van der Waals surface area contributed by atoms with Gasteiger partial charge in [-0.15, -0.1) is 0 Å². The molecular formula is C23H25BrN4O4S. The number of aryl methyl sites for hydroxylation is 2. The minimum Gasteiger partial charge on any atom is -0.483 e. The number of carbonyl (C=O) groups excluding carboxylic acids is 1. The molecule has 8 nitrogen and oxygen atoms in total. The summed E-state index contributed by atoms with van der Waals surface area (Å²) in [6.07, 6.45) is 0. The summed E-state index contributed by atoms with van der Waals surface area (Å²) < 4.78 is 34.1. The van der Waals surface area contributed by atoms with Crippen LogP contribution in [0.3, 0.4) is 0 Å². The fraction of sp³-hybridized carbons (Fsp3) is 0.261. The van der Waals surface area contributed by atoms with Crippen LogP contribution in [-0.4, -0.2) is 30.9 Å². The fourth-order valence-electron chi connectivity index (χ4n) is 3.02. The summed E-state index contributed by atoms with van der Waals surface area (Å²) >= 11 is 3.46. The minimum absolute atomic E-state index is 0.0415. The molecule has 0 radical (unpaired) electrons. The highest BCUT2D eigenvalue weighted by atomic mass is 79.9. The molecule has 10 heteroatoms. The maximum Gasteiger partial charge on any atom is 0.263 e. The van der Waals surface area contributed by atoms with Crippen LogP contribution in [0, 0.1) is 13.8 Å². The van der Waals surface area contributed by atoms with E-state index in [1.165, 1.54) is 24.3 Å². The second-order valence-corrected chi connectivity index (χ2v) is 10.3. The summed E-state index contributed by atoms with van der Waals surface area (Å²) in [7, 11) is -3.84. The Morgan fingerprint density at radius 2 is 1.76 bits per heavy atom. The number of benzene rings is 2. The van der Waals surface area contributed by atoms with E-state index in [-0.39, 0.29) is 23.2 Å². The van der Waals surface area contributed by atoms with Crippen LogP contribution < -0.4 is 14.8 Å². The monoisotopic (exact) mass is 532 g/mol. The first-order chi connectivity index (χ1) is 15.5. The van der Waals surface area contributed by atoms with E-state index in [4.69, 9.17) is 4.74 Å². The first-order valence-corrected chi connectivity index (χ1v) is 12.5. The number of sulfonamides is 1. The van der Waals surface area contributed by atoms with E-state index < -0.39 is 10.0 Å². The zero-order valence-corrected chi connectivity index (χ0v) is 21.1. The zero-order valence-electron chi connectivity index (χ0n) is 18.7. The lowest BCUT2D eigenvalue weighted by Gasteiger charge is -2.12. The van der Waals surface area contributed by atoms with Gasteiger partial charge in [0.1, 0.15) is 17.4 Å². The van der Waals surface area contributed by atoms with Crippen LogP contribution in [0.1, 0.15) is 36.8 Å². The van der Waals surface area contributed by atoms with Gasteiger partial charge < -0.3 is 10.1 Å². The maximum absolute atomic E-state index is 12.6. The Labute approximate surface area is 202 Å². The molecular weight excluding hydrogens is 508 g/mol. The zero-order chi connectivity index (χ0) is 24.2. The molecule has 0 spiro atoms. The molecule has 0 saturated carbocycles. The largest absolute Gasteiger partial charge is 0.483 e. The Balaban J connectivity index is 1.60. The van der Waals surface area contributed by atoms with Crippen LogP contribution in [0.15, 0.2) is 57.9 Å². The molecule has 3 aromatic rings. The van der Waals surface area contributed by atoms with Crippen molar-refractivity contribution in [2.24, 2.45) is 0 Å². The number of aromatic nitrogens is 2. The number of rotatable bonds is 8. The summed E-state index contributed by atoms with van der Waals surface area (Å²) in [5.74, 6) is 1.25. The SMILES string of the molecule is Cc1cc(NS(=O)(=O)c2ccc(NC(=O)COc3ccc(C(C)C)cc3Br)cc2)nc(C)n1. The molecule has 0 saturated heterocycles. The number of hydrogen-bond donors (Lipinski definition) is 2. The van der Waals surface area contributed by atoms with Gasteiger partial charge in [-0.3, -0.25) is 9.52 Å². The van der Waals surface area contributed by atoms with Crippen LogP contribution in [0.5, 0.6) is 5.75 Å². The molecule has 1 amide bonds. The highest BCUT2D eigenvalue weighted by Crippen LogP contribution is 2.29. The first-order valence-electron chi connectivity index (χ1n) is 10.2. The second-order valence-electron chi connectivity index (χ2n) is 7.75. The Bertz CT molecular complexity index is 1240. The Morgan fingerprint density at radius 1 is 1.06 bits per heavy atom. The van der Waals surface area contributed by atoms with E-state index in [2.05, 4.69) is 49.8 Å². The van der Waals surface area contributed by atoms with Gasteiger partial charge in [-0.1, -0.05) is 19.9 Å². The van der Waals surface area contributed by atoms with Crippen molar-refractivity contribution in [2.75, 3.05) is 16.6 Å². The van der Waals surface area contributed by atoms with E-state index >= 15 is 0 Å². The molecule has 2 N–H and O–H groups in total. The predicted octanol–water partition coefficient (Wildman–Crippen LogP) is 4.80. The quantitative estimate of drug-likeness (QED) is 0.431. The number of amides is 1. The number of ether oxygens (including phenoxy) is 1. The third-order valence-electron chi connectivity index (χ3n) is 4.63. The van der Waals surface area contributed by atoms with Crippen molar-refractivity contribution in [3.8, 4) is 5.75 Å². The molecule has 2 aromatic carbocycles. The van der Waals surface area contributed by atoms with Gasteiger partial charge in [-0.2, -0.15) is 0 Å². The van der Waals surface area contributed by atoms with Gasteiger partial charge in [-0.05, 0) is 77.7 Å². The Kier molecular flexibility index (Phi) is 7.70. The lowest BCUT2D eigenvalue weighted by Crippen LogP contribution is -2.20. The molecule has 0 aliphatic heterocycles. The van der Waals surface area contributed by atoms with E-state index in [1.807, 2.05) is 18.2 Å². The molecule has 1 aromatic heterocycles. The molecule has 33 heavy (non-hydrogen) atoms. The van der Waals surface area contributed by atoms with Crippen LogP contribution in [0.4, 0.5) is 11.5 Å². The highest BCUT2D eigenvalue weighted by Gasteiger charge is 2.16. The van der Waals surface area contributed by atoms with Crippen molar-refractivity contribution in [1.29, 1.82) is 0 Å². The summed E-state index contributed by atoms with van der Waals surface area (Å²) in [5, 5.41) is 2.69. The molecule has 0 unspecified atom stereocenters. The molecule has 0 fully saturated rings. The topological polar surface area (TPSA) is 110 Å². The highest BCUT2D eigenvalue weighted by molar-refractivity contribution is 9.10. The van der Waals surface area contributed by atoms with E-state index in [0.29, 0.717) is 28.9 Å². The van der Waals surface area contributed by atoms with Gasteiger partial charge >= 0.3 is 0 Å². The maximum atomic E-state index is 12.6. The third-order valence-corrected chi connectivity index (χ3v) is 6.63. The van der Waals surface area contributed by atoms with Crippen molar-refractivity contribution < 1.29 is 17.9 Å². The normalized spacial score (nSPS) is 11.3. The lowest BCUT2D eigenvalue weighted by molar-refractivity contribution is -0.118. The number of anilines is 2. The summed E-state index contributed by atoms with van der Waals surface area (Å²) in [6.45, 7) is 7.45. The molecule has 0 bridgehead atoms. The van der Waals surface area contributed by atoms with Crippen LogP contribution >= 0.6 is 15.9 Å². The molecule has 3 rings (SSSR count). The number of nitrogens with zero attached hydrogens (tertiary/aromatic N) is 2. The van der Waals surface area contributed by atoms with E-state index in [9.17, 15) is 13.2 Å². The fourth-order valence-corrected chi connectivity index (χ4v) is 4.52. The van der Waals surface area contributed by atoms with Crippen molar-refractivity contribution >= 4 is 43.4 Å². The van der Waals surface area contributed by atoms with Gasteiger partial charge in [-0.25, -0.2) is 18.4 Å². The molecule has 0 atom stereocenters. The molecule has 0 aliphatic rings. The number of halogens is 1. The minimum atomic E-state index is -3.84. The van der Waals surface area contributed by atoms with Gasteiger partial charge in [0, 0.05) is 17.4 Å². The summed E-state index contributed by atoms with van der Waals surface area (Å²) in [5.41, 5.74) is 2.27. The first kappa shape index (κ1) is 24.7. The molecule has 0 aliphatic carbocycles. The molecule has 1 heterocycles. The van der Waals surface area contributed by atoms with Crippen molar-refractivity contribution in [3.05, 3.63) is 70.1 Å². The number of hydrogen-bond acceptors (Lipinski definition) is 6. The van der Waals surface area contributed by atoms with Crippen molar-refractivity contribution in [2.45, 2.75) is 38.5 Å². The Hall–Kier alpha value is -2.98. The van der Waals surface area contributed by atoms with E-state index in [0.717, 1.165) is 10.0 Å². The Morgan fingerprint density at radius 3 is 2.36 bits per heavy atom. The second kappa shape index (κ2) is 10.3. The van der Waals surface area contributed by atoms with Gasteiger partial charge in [0.2, 0.25) is 0 Å². The summed E-state index contributed by atoms with van der Waals surface area (Å²) in [4.78, 5) is 20.5. The molecule has 174 valence electrons. The smallest absolute Gasteiger partial charge is 0.263 e. The van der Waals surface area contributed by atoms with Crippen LogP contribution in [0.25, 0.3) is 0 Å². The van der Waals surface area contributed by atoms with Gasteiger partial charge in [0.05, 0.1) is 9.37 Å². The third kappa shape index (κ3) is 6.75. The standard InChI is InChI=1S/C23H25BrN4O4S/c1-14(2)17-5-10-21(20(24)12-17)32-13-23(29)27-18-6-8-19(9-7-18)33(30,31)28-22-11-15(3)25-16(4)26-22/h5-12,14H,13H2,1-4H3,(H,27,29)(H,25,26,28). The van der Waals surface area contributed by atoms with Crippen LogP contribution in [0.2, 0.25) is 0 Å². The number of nitrogens with one attached hydrogen (secondary N) is 2. The summed E-state index contributed by atoms with van der Waals surface area (Å²) in [6, 6.07) is 13.1. The van der Waals surface area contributed by atoms with Crippen LogP contribution in [-0.2, 0) is 14.8 Å².